The summed E-state index contributed by atoms with van der Waals surface area (Å²) < 4.78 is 87.1. The van der Waals surface area contributed by atoms with E-state index in [0.29, 0.717) is 109 Å². The summed E-state index contributed by atoms with van der Waals surface area (Å²) in [6, 6.07) is 59.4. The first-order valence-corrected chi connectivity index (χ1v) is 39.9. The van der Waals surface area contributed by atoms with E-state index in [1.165, 1.54) is 67.3 Å². The quantitative estimate of drug-likeness (QED) is 0.124. The Balaban J connectivity index is 0.000000120. The van der Waals surface area contributed by atoms with Crippen molar-refractivity contribution in [2.75, 3.05) is 59.7 Å². The van der Waals surface area contributed by atoms with Crippen molar-refractivity contribution in [1.29, 1.82) is 0 Å². The first-order chi connectivity index (χ1) is 58.3. The lowest BCUT2D eigenvalue weighted by Crippen LogP contribution is -2.43. The van der Waals surface area contributed by atoms with E-state index in [-0.39, 0.29) is 78.7 Å². The molecule has 2 fully saturated rings. The predicted octanol–water partition coefficient (Wildman–Crippen LogP) is 15.7. The highest BCUT2D eigenvalue weighted by Crippen LogP contribution is 2.32. The molecule has 17 aromatic rings. The summed E-state index contributed by atoms with van der Waals surface area (Å²) in [5.41, 5.74) is 2.92. The number of morpholine rings is 2. The number of aromatic nitrogens is 16. The maximum atomic E-state index is 14.8. The fourth-order valence-electron chi connectivity index (χ4n) is 13.4. The van der Waals surface area contributed by atoms with Gasteiger partial charge in [-0.15, -0.1) is 0 Å². The van der Waals surface area contributed by atoms with E-state index in [1.807, 2.05) is 36.4 Å². The second-order valence-electron chi connectivity index (χ2n) is 26.6. The molecule has 27 nitrogen and oxygen atoms in total. The first kappa shape index (κ1) is 80.5. The van der Waals surface area contributed by atoms with E-state index in [1.54, 1.807) is 179 Å². The van der Waals surface area contributed by atoms with Crippen LogP contribution in [0.2, 0.25) is 0 Å². The largest absolute Gasteiger partial charge is 0.497 e. The number of amides is 2. The number of halogens is 8. The molecule has 0 atom stereocenters. The van der Waals surface area contributed by atoms with Gasteiger partial charge >= 0.3 is 12.1 Å². The second kappa shape index (κ2) is 35.1. The van der Waals surface area contributed by atoms with Gasteiger partial charge in [0.2, 0.25) is 0 Å². The third-order valence-corrected chi connectivity index (χ3v) is 21.4. The van der Waals surface area contributed by atoms with Gasteiger partial charge in [-0.05, 0) is 170 Å². The Kier molecular flexibility index (Phi) is 23.5. The molecule has 120 heavy (non-hydrogen) atoms. The molecule has 19 rings (SSSR count). The topological polar surface area (TPSA) is 290 Å². The van der Waals surface area contributed by atoms with Gasteiger partial charge < -0.3 is 24.0 Å². The molecular weight excluding hydrogens is 1810 g/mol. The van der Waals surface area contributed by atoms with E-state index in [0.717, 1.165) is 27.3 Å². The van der Waals surface area contributed by atoms with Crippen LogP contribution >= 0.6 is 63.7 Å². The van der Waals surface area contributed by atoms with Crippen LogP contribution in [-0.4, -0.2) is 159 Å². The zero-order valence-corrected chi connectivity index (χ0v) is 68.9. The average molecular weight is 1870 g/mol. The third kappa shape index (κ3) is 16.2. The molecule has 0 saturated carbocycles. The van der Waals surface area contributed by atoms with Crippen LogP contribution in [0.15, 0.2) is 280 Å². The molecule has 2 saturated heterocycles. The molecule has 0 unspecified atom stereocenters. The van der Waals surface area contributed by atoms with Crippen LogP contribution in [0.5, 0.6) is 5.75 Å². The van der Waals surface area contributed by atoms with Crippen LogP contribution in [0, 0.1) is 23.3 Å². The van der Waals surface area contributed by atoms with Crippen molar-refractivity contribution in [3.63, 3.8) is 0 Å². The Bertz CT molecular complexity index is 6800. The minimum absolute atomic E-state index is 0.0816. The summed E-state index contributed by atoms with van der Waals surface area (Å²) in [5, 5.41) is 20.2. The molecule has 0 spiro atoms. The van der Waals surface area contributed by atoms with Gasteiger partial charge in [-0.25, -0.2) is 51.8 Å². The van der Waals surface area contributed by atoms with Gasteiger partial charge in [0, 0.05) is 44.1 Å². The summed E-state index contributed by atoms with van der Waals surface area (Å²) in [6.07, 6.45) is 5.55. The number of carbonyl (C=O) groups is 2. The maximum Gasteiger partial charge on any atom is 0.346 e. The third-order valence-electron chi connectivity index (χ3n) is 19.3. The lowest BCUT2D eigenvalue weighted by molar-refractivity contribution is 0.0531. The highest BCUT2D eigenvalue weighted by molar-refractivity contribution is 9.11. The number of hydrogen-bond donors (Lipinski definition) is 1. The van der Waals surface area contributed by atoms with Crippen molar-refractivity contribution >= 4 is 120 Å². The number of nitrogens with zero attached hydrogens (tertiary/aromatic N) is 17. The number of ether oxygens (including phenoxy) is 3. The number of fused-ring (bicyclic) bond motifs is 4. The Labute approximate surface area is 709 Å². The number of hydrogen-bond acceptors (Lipinski definition) is 17. The summed E-state index contributed by atoms with van der Waals surface area (Å²) in [5.74, 6) is -0.711. The molecule has 1 N–H and O–H groups in total. The normalized spacial score (nSPS) is 12.7. The minimum atomic E-state index is -0.532. The minimum Gasteiger partial charge on any atom is -0.497 e. The van der Waals surface area contributed by atoms with Crippen LogP contribution in [0.25, 0.3) is 118 Å². The second-order valence-corrected chi connectivity index (χ2v) is 30.3. The molecule has 8 aromatic heterocycles. The van der Waals surface area contributed by atoms with Crippen molar-refractivity contribution in [2.45, 2.75) is 0 Å². The Hall–Kier alpha value is -13.3. The fourth-order valence-corrected chi connectivity index (χ4v) is 14.4. The highest BCUT2D eigenvalue weighted by atomic mass is 79.9. The summed E-state index contributed by atoms with van der Waals surface area (Å²) in [6.45, 7) is 3.36. The lowest BCUT2D eigenvalue weighted by atomic mass is 10.1. The summed E-state index contributed by atoms with van der Waals surface area (Å²) in [7, 11) is 1.59. The monoisotopic (exact) mass is 1870 g/mol. The van der Waals surface area contributed by atoms with Gasteiger partial charge in [0.15, 0.2) is 45.9 Å². The number of methoxy groups -OCH3 is 1. The van der Waals surface area contributed by atoms with Crippen molar-refractivity contribution < 1.29 is 41.4 Å². The number of rotatable bonds is 10. The maximum absolute atomic E-state index is 14.8. The number of benzene rings is 9. The van der Waals surface area contributed by atoms with Crippen LogP contribution < -0.4 is 27.0 Å². The number of carbonyl (C=O) groups excluding carboxylic acids is 2. The molecule has 0 bridgehead atoms. The van der Waals surface area contributed by atoms with Gasteiger partial charge in [0.05, 0.1) is 109 Å². The highest BCUT2D eigenvalue weighted by Gasteiger charge is 2.30. The van der Waals surface area contributed by atoms with Crippen LogP contribution in [-0.2, 0) is 9.47 Å². The Morgan fingerprint density at radius 3 is 1.01 bits per heavy atom. The van der Waals surface area contributed by atoms with E-state index >= 15 is 0 Å². The van der Waals surface area contributed by atoms with Crippen molar-refractivity contribution in [2.24, 2.45) is 0 Å². The van der Waals surface area contributed by atoms with Gasteiger partial charge in [0.1, 0.15) is 50.6 Å². The van der Waals surface area contributed by atoms with Crippen LogP contribution in [0.4, 0.5) is 27.2 Å². The van der Waals surface area contributed by atoms with E-state index in [4.69, 9.17) is 19.2 Å². The van der Waals surface area contributed by atoms with E-state index in [9.17, 15) is 46.3 Å². The zero-order chi connectivity index (χ0) is 83.4. The molecule has 9 aromatic carbocycles. The SMILES string of the molecule is COc1ccc(-n2ncc3c(=O)n(-c4ccc(Br)cc4)c(-c4ccccc4F)nc32)cc1.O=C(N1CCOCC1)n1ncc2c(=O)n(-c3ccc(Br)cc3)c(-c3ccccc3F)nc21.O=C(N1CCOCC1)n1ncc2c(=O)n(-c3ccc(Br)cc3)c(-c3ccccc3F)nc21.O=c1c2cn[nH]c2nc(-c2ccccc2F)n1-c1ccc(Br)cc1. The van der Waals surface area contributed by atoms with Crippen LogP contribution in [0.1, 0.15) is 0 Å². The average Bonchev–Trinajstić information content (AvgIpc) is 1.54. The molecule has 0 aliphatic carbocycles. The Morgan fingerprint density at radius 1 is 0.367 bits per heavy atom. The summed E-state index contributed by atoms with van der Waals surface area (Å²) in [4.78, 5) is 101. The molecule has 2 aliphatic heterocycles. The predicted molar refractivity (Wildman–Crippen MR) is 455 cm³/mol. The van der Waals surface area contributed by atoms with Gasteiger partial charge in [-0.3, -0.25) is 42.5 Å². The van der Waals surface area contributed by atoms with E-state index in [2.05, 4.69) is 104 Å². The molecule has 0 radical (unpaired) electrons. The zero-order valence-electron chi connectivity index (χ0n) is 62.6. The van der Waals surface area contributed by atoms with Crippen molar-refractivity contribution in [1.82, 2.24) is 87.5 Å². The molecule has 10 heterocycles. The van der Waals surface area contributed by atoms with Crippen molar-refractivity contribution in [3.8, 4) is 79.7 Å². The first-order valence-electron chi connectivity index (χ1n) is 36.7. The number of H-pyrrole nitrogens is 1. The lowest BCUT2D eigenvalue weighted by Gasteiger charge is -2.26. The van der Waals surface area contributed by atoms with Gasteiger partial charge in [-0.1, -0.05) is 112 Å². The van der Waals surface area contributed by atoms with Gasteiger partial charge in [0.25, 0.3) is 22.2 Å². The number of nitrogens with one attached hydrogen (secondary N) is 1. The standard InChI is InChI=1S/C24H16BrFN4O2.2C22H17BrFN5O3.C17H10BrFN4O/c1-32-18-12-10-17(11-13-18)30-23-20(14-27-30)24(31)29(16-8-6-15(25)7-9-16)22(28-23)19-4-2-3-5-21(19)26;2*23-14-5-7-15(8-6-14)28-19(16-3-1-2-4-18(16)24)26-20-17(21(28)30)13-25-29(20)22(31)27-9-11-32-12-10-27;18-10-5-7-11(8-6-10)23-16(12-3-1-2-4-14(12)19)21-15-13(17(23)24)9-20-22-15/h2-14H,1H3;2*1-8,13H,9-12H2;1-9H,(H,20,22). The molecular formula is C85H60Br4F4N18O9. The fraction of sp³-hybridized carbons (Fsp3) is 0.106. The van der Waals surface area contributed by atoms with Crippen molar-refractivity contribution in [3.05, 3.63) is 326 Å². The Morgan fingerprint density at radius 2 is 0.667 bits per heavy atom. The van der Waals surface area contributed by atoms with E-state index < -0.39 is 46.4 Å². The number of aromatic amines is 1. The summed E-state index contributed by atoms with van der Waals surface area (Å²) >= 11 is 13.5. The smallest absolute Gasteiger partial charge is 0.346 e. The molecule has 600 valence electrons. The molecule has 2 aliphatic rings. The van der Waals surface area contributed by atoms with Crippen LogP contribution in [0.3, 0.4) is 0 Å². The molecule has 35 heteroatoms. The molecule has 2 amide bonds. The van der Waals surface area contributed by atoms with Gasteiger partial charge in [-0.2, -0.15) is 29.8 Å².